The van der Waals surface area contributed by atoms with Gasteiger partial charge in [-0.05, 0) is 0 Å². The first kappa shape index (κ1) is 9.19. The fourth-order valence-corrected chi connectivity index (χ4v) is 0. The van der Waals surface area contributed by atoms with Crippen molar-refractivity contribution in [3.63, 3.8) is 0 Å². The summed E-state index contributed by atoms with van der Waals surface area (Å²) in [5.74, 6) is 0. The molecule has 0 aliphatic carbocycles. The Balaban J connectivity index is 0. The first-order valence-electron chi connectivity index (χ1n) is 0.730. The van der Waals surface area contributed by atoms with Crippen molar-refractivity contribution in [2.24, 2.45) is 0 Å². The largest absolute Gasteiger partial charge is 3.00 e. The molecule has 6 heteroatoms. The van der Waals surface area contributed by atoms with Gasteiger partial charge in [0.1, 0.15) is 0 Å². The second kappa shape index (κ2) is 4.69. The van der Waals surface area contributed by atoms with Gasteiger partial charge in [0.15, 0.2) is 0 Å². The summed E-state index contributed by atoms with van der Waals surface area (Å²) >= 11 is 0. The molecule has 0 spiro atoms. The van der Waals surface area contributed by atoms with E-state index in [2.05, 4.69) is 4.99 Å². The molecule has 0 aliphatic rings. The molecule has 0 rings (SSSR count). The van der Waals surface area contributed by atoms with Crippen molar-refractivity contribution in [2.75, 3.05) is 0 Å². The van der Waals surface area contributed by atoms with Crippen molar-refractivity contribution in [1.82, 2.24) is 0 Å². The first-order chi connectivity index (χ1) is 2.27. The van der Waals surface area contributed by atoms with Crippen LogP contribution in [0.4, 0.5) is 0 Å². The third-order valence-electron chi connectivity index (χ3n) is 0.0667. The van der Waals surface area contributed by atoms with E-state index in [1.54, 1.807) is 0 Å². The predicted molar refractivity (Wildman–Crippen MR) is 16.5 cm³/mol. The van der Waals surface area contributed by atoms with E-state index in [-0.39, 0.29) is 17.4 Å². The molecule has 0 atom stereocenters. The predicted octanol–water partition coefficient (Wildman–Crippen LogP) is -0.713. The molecule has 0 radical (unpaired) electrons. The van der Waals surface area contributed by atoms with Crippen LogP contribution in [0.2, 0.25) is 0 Å². The van der Waals surface area contributed by atoms with E-state index in [0.717, 1.165) is 0 Å². The summed E-state index contributed by atoms with van der Waals surface area (Å²) in [5.41, 5.74) is 0. The average molecular weight is 106 g/mol. The second-order valence-corrected chi connectivity index (χ2v) is 0.305. The van der Waals surface area contributed by atoms with Crippen molar-refractivity contribution in [3.05, 3.63) is 10.1 Å². The van der Waals surface area contributed by atoms with Crippen LogP contribution >= 0.6 is 0 Å². The molecule has 0 heterocycles. The third kappa shape index (κ3) is 9.34. The van der Waals surface area contributed by atoms with Gasteiger partial charge in [-0.15, -0.1) is 15.1 Å². The van der Waals surface area contributed by atoms with Crippen LogP contribution in [0.5, 0.6) is 0 Å². The van der Waals surface area contributed by atoms with Gasteiger partial charge in [0.2, 0.25) is 0 Å². The van der Waals surface area contributed by atoms with Gasteiger partial charge < -0.3 is 0 Å². The van der Waals surface area contributed by atoms with Crippen molar-refractivity contribution >= 4 is 17.4 Å². The van der Waals surface area contributed by atoms with E-state index in [9.17, 15) is 0 Å². The van der Waals surface area contributed by atoms with E-state index < -0.39 is 5.09 Å². The van der Waals surface area contributed by atoms with Crippen LogP contribution in [-0.4, -0.2) is 27.7 Å². The van der Waals surface area contributed by atoms with Gasteiger partial charge in [0.25, 0.3) is 0 Å². The molecule has 5 nitrogen and oxygen atoms in total. The van der Waals surface area contributed by atoms with Gasteiger partial charge in [-0.25, -0.2) is 5.26 Å². The minimum absolute atomic E-state index is 0. The maximum absolute atomic E-state index is 8.70. The molecule has 0 fully saturated rings. The van der Waals surface area contributed by atoms with E-state index >= 15 is 0 Å². The monoisotopic (exact) mass is 106 g/mol. The van der Waals surface area contributed by atoms with Crippen molar-refractivity contribution < 1.29 is 15.3 Å². The number of hydrogen-bond acceptors (Lipinski definition) is 4. The van der Waals surface area contributed by atoms with Gasteiger partial charge in [-0.3, -0.25) is 0 Å². The topological polar surface area (TPSA) is 72.6 Å². The van der Waals surface area contributed by atoms with E-state index in [1.807, 2.05) is 0 Å². The normalized spacial score (nSPS) is 5.50. The zero-order valence-electron chi connectivity index (χ0n) is 2.70. The summed E-state index contributed by atoms with van der Waals surface area (Å²) in [4.78, 5) is 11.2. The Labute approximate surface area is 43.7 Å². The molecule has 0 amide bonds. The first-order valence-corrected chi connectivity index (χ1v) is 0.730. The Morgan fingerprint density at radius 2 is 2.00 bits per heavy atom. The van der Waals surface area contributed by atoms with Gasteiger partial charge in [-0.2, -0.15) is 0 Å². The van der Waals surface area contributed by atoms with Crippen LogP contribution in [0.1, 0.15) is 0 Å². The van der Waals surface area contributed by atoms with Crippen LogP contribution in [0.15, 0.2) is 0 Å². The maximum atomic E-state index is 8.70. The summed E-state index contributed by atoms with van der Waals surface area (Å²) in [5, 5.41) is 14.3. The molecule has 0 aromatic heterocycles. The molecule has 0 bridgehead atoms. The minimum Gasteiger partial charge on any atom is -0.214 e. The molecule has 6 heavy (non-hydrogen) atoms. The number of rotatable bonds is 1. The Hall–Kier alpha value is -0.308. The zero-order chi connectivity index (χ0) is 4.28. The summed E-state index contributed by atoms with van der Waals surface area (Å²) in [7, 11) is 0. The SMILES string of the molecule is O=[N+]([O-])OO.[Al+3]. The maximum Gasteiger partial charge on any atom is 3.00 e. The van der Waals surface area contributed by atoms with Crippen molar-refractivity contribution in [2.45, 2.75) is 0 Å². The fraction of sp³-hybridized carbons (Fsp3) is 0. The van der Waals surface area contributed by atoms with E-state index in [1.165, 1.54) is 0 Å². The van der Waals surface area contributed by atoms with Crippen LogP contribution in [0.25, 0.3) is 0 Å². The summed E-state index contributed by atoms with van der Waals surface area (Å²) < 4.78 is 0. The standard InChI is InChI=1S/Al.HNO4/c;2-1(3)5-4/h;4H/q+3;. The number of hydrogen-bond donors (Lipinski definition) is 1. The molecule has 1 N–H and O–H groups in total. The van der Waals surface area contributed by atoms with E-state index in [4.69, 9.17) is 15.4 Å². The second-order valence-electron chi connectivity index (χ2n) is 0.305. The van der Waals surface area contributed by atoms with E-state index in [0.29, 0.717) is 0 Å². The summed E-state index contributed by atoms with van der Waals surface area (Å²) in [6, 6.07) is 0. The van der Waals surface area contributed by atoms with Gasteiger partial charge in [0.05, 0.1) is 0 Å². The molecule has 30 valence electrons. The Kier molecular flexibility index (Phi) is 7.19. The molecule has 0 saturated carbocycles. The summed E-state index contributed by atoms with van der Waals surface area (Å²) in [6.07, 6.45) is 0. The third-order valence-corrected chi connectivity index (χ3v) is 0.0667. The van der Waals surface area contributed by atoms with Gasteiger partial charge in [-0.1, -0.05) is 0 Å². The van der Waals surface area contributed by atoms with Crippen LogP contribution < -0.4 is 0 Å². The Morgan fingerprint density at radius 1 is 1.83 bits per heavy atom. The number of nitrogens with zero attached hydrogens (tertiary/aromatic N) is 1. The molecule has 0 aliphatic heterocycles. The molecular weight excluding hydrogens is 105 g/mol. The van der Waals surface area contributed by atoms with Gasteiger partial charge >= 0.3 is 22.4 Å². The van der Waals surface area contributed by atoms with Gasteiger partial charge in [0, 0.05) is 0 Å². The fourth-order valence-electron chi connectivity index (χ4n) is 0. The van der Waals surface area contributed by atoms with Crippen LogP contribution in [0, 0.1) is 10.1 Å². The minimum atomic E-state index is -1.32. The van der Waals surface area contributed by atoms with Crippen molar-refractivity contribution in [3.8, 4) is 0 Å². The smallest absolute Gasteiger partial charge is 0.214 e. The van der Waals surface area contributed by atoms with Crippen LogP contribution in [0.3, 0.4) is 0 Å². The Bertz CT molecular complexity index is 42.8. The molecule has 0 saturated heterocycles. The zero-order valence-corrected chi connectivity index (χ0v) is 3.85. The van der Waals surface area contributed by atoms with Crippen LogP contribution in [-0.2, 0) is 4.99 Å². The Morgan fingerprint density at radius 3 is 2.00 bits per heavy atom. The molecule has 0 unspecified atom stereocenters. The van der Waals surface area contributed by atoms with Crippen molar-refractivity contribution in [1.29, 1.82) is 0 Å². The molecule has 0 aromatic carbocycles. The average Bonchev–Trinajstić information content (AvgIpc) is 1.38. The molecule has 0 aromatic rings. The summed E-state index contributed by atoms with van der Waals surface area (Å²) in [6.45, 7) is 0. The molecular formula is HAlNO4+3. The quantitative estimate of drug-likeness (QED) is 0.207.